The molecule has 1 unspecified atom stereocenters. The van der Waals surface area contributed by atoms with Gasteiger partial charge in [0.1, 0.15) is 5.76 Å². The summed E-state index contributed by atoms with van der Waals surface area (Å²) in [5.41, 5.74) is 0.858. The molecule has 1 aromatic carbocycles. The lowest BCUT2D eigenvalue weighted by Gasteiger charge is -2.23. The van der Waals surface area contributed by atoms with Crippen LogP contribution in [-0.2, 0) is 20.9 Å². The van der Waals surface area contributed by atoms with Gasteiger partial charge in [0.25, 0.3) is 0 Å². The Morgan fingerprint density at radius 3 is 2.60 bits per heavy atom. The summed E-state index contributed by atoms with van der Waals surface area (Å²) < 4.78 is 10.0. The number of carbonyl (C=O) groups excluding carboxylic acids is 2. The van der Waals surface area contributed by atoms with Crippen molar-refractivity contribution in [1.82, 2.24) is 4.90 Å². The first-order chi connectivity index (χ1) is 12.0. The molecule has 132 valence electrons. The molecule has 5 nitrogen and oxygen atoms in total. The Morgan fingerprint density at radius 1 is 1.28 bits per heavy atom. The van der Waals surface area contributed by atoms with E-state index >= 15 is 0 Å². The Bertz CT molecular complexity index is 722. The van der Waals surface area contributed by atoms with E-state index in [1.165, 1.54) is 13.2 Å². The summed E-state index contributed by atoms with van der Waals surface area (Å²) in [6.07, 6.45) is 4.72. The van der Waals surface area contributed by atoms with Gasteiger partial charge in [-0.15, -0.1) is 0 Å². The maximum atomic E-state index is 12.6. The largest absolute Gasteiger partial charge is 0.469 e. The molecule has 0 spiro atoms. The summed E-state index contributed by atoms with van der Waals surface area (Å²) in [5.74, 6) is -0.376. The number of furan rings is 1. The van der Waals surface area contributed by atoms with Crippen molar-refractivity contribution in [2.75, 3.05) is 13.7 Å². The molecule has 0 saturated carbocycles. The normalized spacial score (nSPS) is 12.1. The third kappa shape index (κ3) is 5.80. The second-order valence-corrected chi connectivity index (χ2v) is 6.04. The van der Waals surface area contributed by atoms with Crippen LogP contribution in [0.5, 0.6) is 0 Å². The van der Waals surface area contributed by atoms with Crippen molar-refractivity contribution in [1.29, 1.82) is 0 Å². The van der Waals surface area contributed by atoms with Gasteiger partial charge in [-0.05, 0) is 35.9 Å². The number of amides is 1. The topological polar surface area (TPSA) is 59.8 Å². The van der Waals surface area contributed by atoms with Crippen molar-refractivity contribution in [3.63, 3.8) is 0 Å². The van der Waals surface area contributed by atoms with Crippen molar-refractivity contribution in [2.24, 2.45) is 5.92 Å². The van der Waals surface area contributed by atoms with Crippen molar-refractivity contribution in [3.05, 3.63) is 65.1 Å². The van der Waals surface area contributed by atoms with Gasteiger partial charge in [-0.25, -0.2) is 0 Å². The molecule has 0 fully saturated rings. The van der Waals surface area contributed by atoms with Gasteiger partial charge >= 0.3 is 5.97 Å². The maximum absolute atomic E-state index is 12.6. The number of halogens is 1. The number of hydrogen-bond acceptors (Lipinski definition) is 4. The van der Waals surface area contributed by atoms with Gasteiger partial charge < -0.3 is 14.1 Å². The van der Waals surface area contributed by atoms with Crippen LogP contribution in [0.3, 0.4) is 0 Å². The van der Waals surface area contributed by atoms with Gasteiger partial charge in [0.05, 0.1) is 25.8 Å². The first-order valence-corrected chi connectivity index (χ1v) is 8.20. The fourth-order valence-electron chi connectivity index (χ4n) is 2.28. The average molecular weight is 362 g/mol. The number of ether oxygens (including phenoxy) is 1. The van der Waals surface area contributed by atoms with Gasteiger partial charge in [0.15, 0.2) is 0 Å². The maximum Gasteiger partial charge on any atom is 0.310 e. The highest BCUT2D eigenvalue weighted by Crippen LogP contribution is 2.13. The minimum absolute atomic E-state index is 0.220. The highest BCUT2D eigenvalue weighted by molar-refractivity contribution is 6.30. The van der Waals surface area contributed by atoms with Crippen LogP contribution < -0.4 is 0 Å². The second kappa shape index (κ2) is 9.08. The zero-order chi connectivity index (χ0) is 18.2. The summed E-state index contributed by atoms with van der Waals surface area (Å²) in [6, 6.07) is 10.7. The van der Waals surface area contributed by atoms with Crippen molar-refractivity contribution < 1.29 is 18.7 Å². The van der Waals surface area contributed by atoms with E-state index in [0.29, 0.717) is 10.8 Å². The minimum Gasteiger partial charge on any atom is -0.469 e. The number of nitrogens with zero attached hydrogens (tertiary/aromatic N) is 1. The predicted octanol–water partition coefficient (Wildman–Crippen LogP) is 3.78. The SMILES string of the molecule is COC(=O)C(C)CN(Cc1ccco1)C(=O)/C=C/c1ccc(Cl)cc1. The Morgan fingerprint density at radius 2 is 2.00 bits per heavy atom. The third-order valence-electron chi connectivity index (χ3n) is 3.62. The highest BCUT2D eigenvalue weighted by Gasteiger charge is 2.21. The molecule has 2 rings (SSSR count). The van der Waals surface area contributed by atoms with E-state index in [1.807, 2.05) is 12.1 Å². The van der Waals surface area contributed by atoms with E-state index in [4.69, 9.17) is 20.8 Å². The lowest BCUT2D eigenvalue weighted by Crippen LogP contribution is -2.35. The van der Waals surface area contributed by atoms with E-state index in [9.17, 15) is 9.59 Å². The summed E-state index contributed by atoms with van der Waals surface area (Å²) in [5, 5.41) is 0.634. The number of benzene rings is 1. The van der Waals surface area contributed by atoms with Crippen LogP contribution in [0.2, 0.25) is 5.02 Å². The molecule has 0 N–H and O–H groups in total. The number of carbonyl (C=O) groups is 2. The van der Waals surface area contributed by atoms with Gasteiger partial charge in [-0.2, -0.15) is 0 Å². The monoisotopic (exact) mass is 361 g/mol. The molecule has 1 atom stereocenters. The predicted molar refractivity (Wildman–Crippen MR) is 95.8 cm³/mol. The zero-order valence-electron chi connectivity index (χ0n) is 14.1. The first-order valence-electron chi connectivity index (χ1n) is 7.82. The van der Waals surface area contributed by atoms with Gasteiger partial charge in [0, 0.05) is 17.6 Å². The van der Waals surface area contributed by atoms with E-state index < -0.39 is 5.92 Å². The number of rotatable bonds is 7. The van der Waals surface area contributed by atoms with E-state index in [-0.39, 0.29) is 25.0 Å². The highest BCUT2D eigenvalue weighted by atomic mass is 35.5. The Labute approximate surface area is 151 Å². The standard InChI is InChI=1S/C19H20ClNO4/c1-14(19(23)24-2)12-21(13-17-4-3-11-25-17)18(22)10-7-15-5-8-16(20)9-6-15/h3-11,14H,12-13H2,1-2H3/b10-7+. The summed E-state index contributed by atoms with van der Waals surface area (Å²) in [6.45, 7) is 2.23. The minimum atomic E-state index is -0.437. The van der Waals surface area contributed by atoms with Crippen molar-refractivity contribution >= 4 is 29.6 Å². The average Bonchev–Trinajstić information content (AvgIpc) is 3.12. The van der Waals surface area contributed by atoms with Crippen LogP contribution in [0.25, 0.3) is 6.08 Å². The van der Waals surface area contributed by atoms with Crippen LogP contribution in [0.4, 0.5) is 0 Å². The number of esters is 1. The Balaban J connectivity index is 2.10. The molecule has 1 aromatic heterocycles. The quantitative estimate of drug-likeness (QED) is 0.556. The molecule has 1 amide bonds. The Hall–Kier alpha value is -2.53. The summed E-state index contributed by atoms with van der Waals surface area (Å²) in [4.78, 5) is 25.8. The van der Waals surface area contributed by atoms with Crippen LogP contribution >= 0.6 is 11.6 Å². The molecular formula is C19H20ClNO4. The van der Waals surface area contributed by atoms with E-state index in [2.05, 4.69) is 0 Å². The van der Waals surface area contributed by atoms with Crippen LogP contribution in [0.1, 0.15) is 18.2 Å². The number of methoxy groups -OCH3 is 1. The van der Waals surface area contributed by atoms with E-state index in [0.717, 1.165) is 5.56 Å². The second-order valence-electron chi connectivity index (χ2n) is 5.61. The molecule has 0 bridgehead atoms. The van der Waals surface area contributed by atoms with Gasteiger partial charge in [-0.1, -0.05) is 30.7 Å². The molecule has 6 heteroatoms. The molecule has 25 heavy (non-hydrogen) atoms. The smallest absolute Gasteiger partial charge is 0.310 e. The molecule has 1 heterocycles. The van der Waals surface area contributed by atoms with Crippen LogP contribution in [-0.4, -0.2) is 30.4 Å². The number of hydrogen-bond donors (Lipinski definition) is 0. The van der Waals surface area contributed by atoms with Gasteiger partial charge in [0.2, 0.25) is 5.91 Å². The lowest BCUT2D eigenvalue weighted by molar-refractivity contribution is -0.146. The molecule has 0 aliphatic rings. The summed E-state index contributed by atoms with van der Waals surface area (Å²) in [7, 11) is 1.33. The zero-order valence-corrected chi connectivity index (χ0v) is 14.9. The summed E-state index contributed by atoms with van der Waals surface area (Å²) >= 11 is 5.85. The van der Waals surface area contributed by atoms with E-state index in [1.54, 1.807) is 48.4 Å². The molecule has 2 aromatic rings. The van der Waals surface area contributed by atoms with Crippen LogP contribution in [0, 0.1) is 5.92 Å². The Kier molecular flexibility index (Phi) is 6.83. The van der Waals surface area contributed by atoms with Crippen molar-refractivity contribution in [3.8, 4) is 0 Å². The molecule has 0 radical (unpaired) electrons. The first kappa shape index (κ1) is 18.8. The third-order valence-corrected chi connectivity index (χ3v) is 3.88. The molecule has 0 saturated heterocycles. The molecular weight excluding hydrogens is 342 g/mol. The van der Waals surface area contributed by atoms with Crippen LogP contribution in [0.15, 0.2) is 53.2 Å². The van der Waals surface area contributed by atoms with Crippen molar-refractivity contribution in [2.45, 2.75) is 13.5 Å². The molecule has 0 aliphatic carbocycles. The lowest BCUT2D eigenvalue weighted by atomic mass is 10.1. The fourth-order valence-corrected chi connectivity index (χ4v) is 2.40. The van der Waals surface area contributed by atoms with Gasteiger partial charge in [-0.3, -0.25) is 9.59 Å². The fraction of sp³-hybridized carbons (Fsp3) is 0.263. The molecule has 0 aliphatic heterocycles.